The number of halogens is 1. The predicted octanol–water partition coefficient (Wildman–Crippen LogP) is 3.82. The van der Waals surface area contributed by atoms with E-state index in [4.69, 9.17) is 16.3 Å². The summed E-state index contributed by atoms with van der Waals surface area (Å²) in [5.74, 6) is 1.93. The summed E-state index contributed by atoms with van der Waals surface area (Å²) < 4.78 is 7.36. The molecule has 0 spiro atoms. The first kappa shape index (κ1) is 17.9. The minimum atomic E-state index is 0.0641. The first-order valence-corrected chi connectivity index (χ1v) is 10.5. The predicted molar refractivity (Wildman–Crippen MR) is 104 cm³/mol. The van der Waals surface area contributed by atoms with E-state index in [1.807, 2.05) is 51.7 Å². The third kappa shape index (κ3) is 3.63. The van der Waals surface area contributed by atoms with Crippen LogP contribution in [0.5, 0.6) is 0 Å². The third-order valence-electron chi connectivity index (χ3n) is 5.07. The highest BCUT2D eigenvalue weighted by Gasteiger charge is 2.32. The van der Waals surface area contributed by atoms with Crippen molar-refractivity contribution >= 4 is 29.3 Å². The van der Waals surface area contributed by atoms with Crippen LogP contribution in [-0.2, 0) is 4.74 Å². The van der Waals surface area contributed by atoms with Crippen LogP contribution in [-0.4, -0.2) is 51.9 Å². The molecule has 4 rings (SSSR count). The Morgan fingerprint density at radius 3 is 2.73 bits per heavy atom. The van der Waals surface area contributed by atoms with E-state index >= 15 is 0 Å². The lowest BCUT2D eigenvalue weighted by Gasteiger charge is -2.36. The van der Waals surface area contributed by atoms with Gasteiger partial charge in [0, 0.05) is 42.5 Å². The molecule has 2 fully saturated rings. The summed E-state index contributed by atoms with van der Waals surface area (Å²) in [6.07, 6.45) is 3.54. The number of carbonyl (C=O) groups excluding carboxylic acids is 1. The molecule has 26 heavy (non-hydrogen) atoms. The molecule has 0 bridgehead atoms. The highest BCUT2D eigenvalue weighted by Crippen LogP contribution is 2.32. The van der Waals surface area contributed by atoms with Crippen LogP contribution in [0.25, 0.3) is 0 Å². The molecule has 0 radical (unpaired) electrons. The quantitative estimate of drug-likeness (QED) is 0.798. The van der Waals surface area contributed by atoms with Crippen molar-refractivity contribution in [1.29, 1.82) is 0 Å². The van der Waals surface area contributed by atoms with Crippen LogP contribution in [0.3, 0.4) is 0 Å². The zero-order valence-electron chi connectivity index (χ0n) is 14.5. The summed E-state index contributed by atoms with van der Waals surface area (Å²) in [7, 11) is 0. The molecule has 0 saturated carbocycles. The number of hydrogen-bond acceptors (Lipinski definition) is 4. The average molecular weight is 392 g/mol. The number of ether oxygens (including phenoxy) is 1. The Labute approximate surface area is 162 Å². The molecule has 2 saturated heterocycles. The van der Waals surface area contributed by atoms with Crippen molar-refractivity contribution < 1.29 is 9.53 Å². The summed E-state index contributed by atoms with van der Waals surface area (Å²) in [5.41, 5.74) is 1.81. The van der Waals surface area contributed by atoms with E-state index in [2.05, 4.69) is 5.10 Å². The fourth-order valence-corrected chi connectivity index (χ4v) is 4.87. The molecule has 2 aromatic rings. The van der Waals surface area contributed by atoms with Gasteiger partial charge >= 0.3 is 0 Å². The Kier molecular flexibility index (Phi) is 5.52. The van der Waals surface area contributed by atoms with Gasteiger partial charge in [0.25, 0.3) is 5.91 Å². The number of rotatable bonds is 3. The van der Waals surface area contributed by atoms with Gasteiger partial charge in [-0.05, 0) is 36.6 Å². The van der Waals surface area contributed by atoms with E-state index in [-0.39, 0.29) is 18.0 Å². The first-order valence-electron chi connectivity index (χ1n) is 8.99. The lowest BCUT2D eigenvalue weighted by atomic mass is 10.1. The smallest absolute Gasteiger partial charge is 0.272 e. The van der Waals surface area contributed by atoms with E-state index < -0.39 is 0 Å². The molecule has 1 aromatic heterocycles. The Bertz CT molecular complexity index is 758. The number of benzene rings is 1. The van der Waals surface area contributed by atoms with Gasteiger partial charge in [0.15, 0.2) is 0 Å². The number of nitrogens with zero attached hydrogens (tertiary/aromatic N) is 3. The van der Waals surface area contributed by atoms with Gasteiger partial charge in [-0.1, -0.05) is 23.7 Å². The lowest BCUT2D eigenvalue weighted by Crippen LogP contribution is -2.42. The van der Waals surface area contributed by atoms with Crippen LogP contribution in [0.2, 0.25) is 5.02 Å². The minimum Gasteiger partial charge on any atom is -0.381 e. The van der Waals surface area contributed by atoms with Crippen molar-refractivity contribution in [2.75, 3.05) is 31.3 Å². The van der Waals surface area contributed by atoms with Gasteiger partial charge in [0.1, 0.15) is 5.69 Å². The normalized spacial score (nSPS) is 21.7. The maximum Gasteiger partial charge on any atom is 0.272 e. The maximum atomic E-state index is 13.4. The van der Waals surface area contributed by atoms with Crippen molar-refractivity contribution in [3.05, 3.63) is 52.8 Å². The van der Waals surface area contributed by atoms with Gasteiger partial charge in [-0.25, -0.2) is 0 Å². The minimum absolute atomic E-state index is 0.0641. The standard InChI is InChI=1S/C19H22ClN3O2S/c20-15-3-1-14(2-4-15)18-13-26-12-9-22(18)19(24)17-5-8-21-23(17)16-6-10-25-11-7-16/h1-5,8,16,18H,6-7,9-13H2. The number of thioether (sulfide) groups is 1. The summed E-state index contributed by atoms with van der Waals surface area (Å²) in [4.78, 5) is 15.4. The van der Waals surface area contributed by atoms with E-state index in [0.717, 1.165) is 49.7 Å². The van der Waals surface area contributed by atoms with Crippen LogP contribution < -0.4 is 0 Å². The van der Waals surface area contributed by atoms with Crippen LogP contribution in [0.4, 0.5) is 0 Å². The molecular formula is C19H22ClN3O2S. The molecule has 3 heterocycles. The van der Waals surface area contributed by atoms with Crippen molar-refractivity contribution in [3.8, 4) is 0 Å². The fourth-order valence-electron chi connectivity index (χ4n) is 3.66. The van der Waals surface area contributed by atoms with Gasteiger partial charge in [-0.2, -0.15) is 16.9 Å². The second-order valence-corrected chi connectivity index (χ2v) is 8.23. The monoisotopic (exact) mass is 391 g/mol. The van der Waals surface area contributed by atoms with Crippen LogP contribution in [0, 0.1) is 0 Å². The Balaban J connectivity index is 1.60. The highest BCUT2D eigenvalue weighted by molar-refractivity contribution is 7.99. The van der Waals surface area contributed by atoms with E-state index in [1.165, 1.54) is 0 Å². The number of aromatic nitrogens is 2. The van der Waals surface area contributed by atoms with Gasteiger partial charge in [0.05, 0.1) is 12.1 Å². The SMILES string of the molecule is O=C(c1ccnn1C1CCOCC1)N1CCSCC1c1ccc(Cl)cc1. The molecule has 1 aromatic carbocycles. The lowest BCUT2D eigenvalue weighted by molar-refractivity contribution is 0.0588. The number of hydrogen-bond donors (Lipinski definition) is 0. The van der Waals surface area contributed by atoms with E-state index in [0.29, 0.717) is 10.7 Å². The molecule has 5 nitrogen and oxygen atoms in total. The zero-order chi connectivity index (χ0) is 17.9. The number of carbonyl (C=O) groups is 1. The Morgan fingerprint density at radius 2 is 1.96 bits per heavy atom. The van der Waals surface area contributed by atoms with Crippen molar-refractivity contribution in [2.45, 2.75) is 24.9 Å². The van der Waals surface area contributed by atoms with Gasteiger partial charge in [0.2, 0.25) is 0 Å². The molecule has 0 aliphatic carbocycles. The van der Waals surface area contributed by atoms with Gasteiger partial charge in [-0.3, -0.25) is 9.48 Å². The van der Waals surface area contributed by atoms with Gasteiger partial charge in [-0.15, -0.1) is 0 Å². The average Bonchev–Trinajstić information content (AvgIpc) is 3.19. The fraction of sp³-hybridized carbons (Fsp3) is 0.474. The molecule has 1 amide bonds. The molecule has 1 atom stereocenters. The van der Waals surface area contributed by atoms with E-state index in [1.54, 1.807) is 6.20 Å². The van der Waals surface area contributed by atoms with Crippen LogP contribution >= 0.6 is 23.4 Å². The maximum absolute atomic E-state index is 13.4. The third-order valence-corrected chi connectivity index (χ3v) is 6.34. The summed E-state index contributed by atoms with van der Waals surface area (Å²) in [5, 5.41) is 5.17. The second-order valence-electron chi connectivity index (χ2n) is 6.65. The summed E-state index contributed by atoms with van der Waals surface area (Å²) in [6, 6.07) is 9.99. The highest BCUT2D eigenvalue weighted by atomic mass is 35.5. The van der Waals surface area contributed by atoms with E-state index in [9.17, 15) is 4.79 Å². The first-order chi connectivity index (χ1) is 12.7. The second kappa shape index (κ2) is 8.03. The molecule has 7 heteroatoms. The summed E-state index contributed by atoms with van der Waals surface area (Å²) in [6.45, 7) is 2.20. The number of amides is 1. The van der Waals surface area contributed by atoms with Gasteiger partial charge < -0.3 is 9.64 Å². The molecule has 0 N–H and O–H groups in total. The van der Waals surface area contributed by atoms with Crippen molar-refractivity contribution in [3.63, 3.8) is 0 Å². The zero-order valence-corrected chi connectivity index (χ0v) is 16.1. The molecule has 138 valence electrons. The molecule has 2 aliphatic heterocycles. The van der Waals surface area contributed by atoms with Crippen LogP contribution in [0.1, 0.15) is 41.0 Å². The summed E-state index contributed by atoms with van der Waals surface area (Å²) >= 11 is 7.92. The molecule has 1 unspecified atom stereocenters. The molecular weight excluding hydrogens is 370 g/mol. The Morgan fingerprint density at radius 1 is 1.19 bits per heavy atom. The van der Waals surface area contributed by atoms with Crippen molar-refractivity contribution in [1.82, 2.24) is 14.7 Å². The van der Waals surface area contributed by atoms with Crippen LogP contribution in [0.15, 0.2) is 36.5 Å². The Hall–Kier alpha value is -1.50. The molecule has 2 aliphatic rings. The van der Waals surface area contributed by atoms with Crippen molar-refractivity contribution in [2.24, 2.45) is 0 Å². The topological polar surface area (TPSA) is 47.4 Å². The largest absolute Gasteiger partial charge is 0.381 e.